The fraction of sp³-hybridized carbons (Fsp3) is 0.440. The average Bonchev–Trinajstić information content (AvgIpc) is 3.22. The molecular formula is C25H31F2N5O3. The van der Waals surface area contributed by atoms with Crippen molar-refractivity contribution in [3.05, 3.63) is 65.2 Å². The molecule has 0 unspecified atom stereocenters. The fourth-order valence-electron chi connectivity index (χ4n) is 3.98. The van der Waals surface area contributed by atoms with Gasteiger partial charge < -0.3 is 20.4 Å². The number of halogens is 2. The van der Waals surface area contributed by atoms with E-state index in [1.807, 2.05) is 19.9 Å². The van der Waals surface area contributed by atoms with Crippen molar-refractivity contribution in [2.24, 2.45) is 0 Å². The van der Waals surface area contributed by atoms with Crippen LogP contribution in [0.4, 0.5) is 13.6 Å². The molecule has 1 aliphatic heterocycles. The van der Waals surface area contributed by atoms with Crippen LogP contribution in [0.1, 0.15) is 49.0 Å². The summed E-state index contributed by atoms with van der Waals surface area (Å²) in [6, 6.07) is 9.86. The second kappa shape index (κ2) is 11.2. The van der Waals surface area contributed by atoms with E-state index in [1.54, 1.807) is 36.4 Å². The van der Waals surface area contributed by atoms with Crippen LogP contribution in [0.5, 0.6) is 0 Å². The molecule has 1 aromatic heterocycles. The number of carbonyl (C=O) groups excluding carboxylic acids is 3. The number of alkyl halides is 1. The van der Waals surface area contributed by atoms with Gasteiger partial charge in [-0.1, -0.05) is 50.2 Å². The molecule has 1 aromatic carbocycles. The Labute approximate surface area is 203 Å². The van der Waals surface area contributed by atoms with E-state index >= 15 is 0 Å². The van der Waals surface area contributed by atoms with E-state index in [0.717, 1.165) is 4.90 Å². The summed E-state index contributed by atoms with van der Waals surface area (Å²) >= 11 is 0. The van der Waals surface area contributed by atoms with E-state index in [0.29, 0.717) is 11.1 Å². The van der Waals surface area contributed by atoms with Crippen molar-refractivity contribution in [2.45, 2.75) is 44.4 Å². The third-order valence-electron chi connectivity index (χ3n) is 5.91. The highest BCUT2D eigenvalue weighted by Gasteiger charge is 2.40. The first kappa shape index (κ1) is 26.1. The van der Waals surface area contributed by atoms with E-state index in [1.165, 1.54) is 19.0 Å². The van der Waals surface area contributed by atoms with E-state index in [9.17, 15) is 23.2 Å². The summed E-state index contributed by atoms with van der Waals surface area (Å²) in [7, 11) is 3.05. The van der Waals surface area contributed by atoms with Crippen LogP contribution in [0, 0.1) is 5.95 Å². The maximum Gasteiger partial charge on any atom is 0.317 e. The predicted molar refractivity (Wildman–Crippen MR) is 127 cm³/mol. The molecule has 35 heavy (non-hydrogen) atoms. The van der Waals surface area contributed by atoms with Crippen LogP contribution in [0.3, 0.4) is 0 Å². The number of aromatic nitrogens is 1. The van der Waals surface area contributed by atoms with E-state index < -0.39 is 42.0 Å². The van der Waals surface area contributed by atoms with E-state index in [2.05, 4.69) is 15.6 Å². The SMILES string of the molecule is CC(C)c1ccc([C@@H](NC(=O)[C@@H]2C[C@@H](F)CN2C(=O)CNC(=O)N(C)C)c2ccccc2)nc1F. The highest BCUT2D eigenvalue weighted by Crippen LogP contribution is 2.26. The number of nitrogens with one attached hydrogen (secondary N) is 2. The largest absolute Gasteiger partial charge is 0.342 e. The predicted octanol–water partition coefficient (Wildman–Crippen LogP) is 2.76. The molecule has 4 amide bonds. The Morgan fingerprint density at radius 2 is 1.83 bits per heavy atom. The second-order valence-electron chi connectivity index (χ2n) is 9.07. The van der Waals surface area contributed by atoms with Crippen LogP contribution in [0.15, 0.2) is 42.5 Å². The third-order valence-corrected chi connectivity index (χ3v) is 5.91. The summed E-state index contributed by atoms with van der Waals surface area (Å²) < 4.78 is 29.0. The lowest BCUT2D eigenvalue weighted by Crippen LogP contribution is -2.50. The number of benzene rings is 1. The minimum absolute atomic E-state index is 0.0612. The van der Waals surface area contributed by atoms with Gasteiger partial charge in [0, 0.05) is 26.1 Å². The first-order valence-corrected chi connectivity index (χ1v) is 11.5. The van der Waals surface area contributed by atoms with Crippen molar-refractivity contribution < 1.29 is 23.2 Å². The number of urea groups is 1. The zero-order chi connectivity index (χ0) is 25.7. The molecule has 0 spiro atoms. The molecule has 3 atom stereocenters. The van der Waals surface area contributed by atoms with Crippen molar-refractivity contribution >= 4 is 17.8 Å². The van der Waals surface area contributed by atoms with Gasteiger partial charge in [-0.15, -0.1) is 0 Å². The number of rotatable bonds is 7. The maximum absolute atomic E-state index is 14.7. The minimum Gasteiger partial charge on any atom is -0.342 e. The molecule has 8 nitrogen and oxygen atoms in total. The summed E-state index contributed by atoms with van der Waals surface area (Å²) in [4.78, 5) is 44.2. The van der Waals surface area contributed by atoms with E-state index in [-0.39, 0.29) is 31.1 Å². The molecule has 10 heteroatoms. The Morgan fingerprint density at radius 3 is 2.43 bits per heavy atom. The van der Waals surface area contributed by atoms with Gasteiger partial charge in [0.2, 0.25) is 17.8 Å². The van der Waals surface area contributed by atoms with Crippen LogP contribution >= 0.6 is 0 Å². The number of likely N-dealkylation sites (tertiary alicyclic amines) is 1. The monoisotopic (exact) mass is 487 g/mol. The molecule has 0 saturated carbocycles. The van der Waals surface area contributed by atoms with E-state index in [4.69, 9.17) is 0 Å². The minimum atomic E-state index is -1.38. The second-order valence-corrected chi connectivity index (χ2v) is 9.07. The van der Waals surface area contributed by atoms with Crippen LogP contribution in [-0.4, -0.2) is 72.0 Å². The third kappa shape index (κ3) is 6.32. The van der Waals surface area contributed by atoms with Gasteiger partial charge in [-0.2, -0.15) is 4.39 Å². The Kier molecular flexibility index (Phi) is 8.37. The van der Waals surface area contributed by atoms with Crippen molar-refractivity contribution in [2.75, 3.05) is 27.2 Å². The van der Waals surface area contributed by atoms with Gasteiger partial charge in [0.25, 0.3) is 0 Å². The Balaban J connectivity index is 1.83. The van der Waals surface area contributed by atoms with Crippen LogP contribution < -0.4 is 10.6 Å². The number of amides is 4. The molecule has 3 rings (SSSR count). The van der Waals surface area contributed by atoms with Crippen LogP contribution in [-0.2, 0) is 9.59 Å². The van der Waals surface area contributed by atoms with Gasteiger partial charge >= 0.3 is 6.03 Å². The van der Waals surface area contributed by atoms with Gasteiger partial charge in [-0.3, -0.25) is 9.59 Å². The highest BCUT2D eigenvalue weighted by atomic mass is 19.1. The first-order chi connectivity index (χ1) is 16.6. The van der Waals surface area contributed by atoms with Gasteiger partial charge in [-0.25, -0.2) is 14.2 Å². The first-order valence-electron chi connectivity index (χ1n) is 11.5. The number of hydrogen-bond donors (Lipinski definition) is 2. The zero-order valence-corrected chi connectivity index (χ0v) is 20.3. The average molecular weight is 488 g/mol. The summed E-state index contributed by atoms with van der Waals surface area (Å²) in [5.74, 6) is -1.83. The number of carbonyl (C=O) groups is 3. The van der Waals surface area contributed by atoms with Crippen LogP contribution in [0.2, 0.25) is 0 Å². The lowest BCUT2D eigenvalue weighted by Gasteiger charge is -2.27. The lowest BCUT2D eigenvalue weighted by atomic mass is 9.99. The maximum atomic E-state index is 14.7. The van der Waals surface area contributed by atoms with Crippen molar-refractivity contribution in [1.82, 2.24) is 25.4 Å². The number of hydrogen-bond acceptors (Lipinski definition) is 4. The molecule has 1 fully saturated rings. The summed E-state index contributed by atoms with van der Waals surface area (Å²) in [6.07, 6.45) is -1.55. The van der Waals surface area contributed by atoms with Crippen molar-refractivity contribution in [1.29, 1.82) is 0 Å². The molecule has 188 valence electrons. The summed E-state index contributed by atoms with van der Waals surface area (Å²) in [5.41, 5.74) is 1.41. The molecule has 0 aliphatic carbocycles. The van der Waals surface area contributed by atoms with Crippen LogP contribution in [0.25, 0.3) is 0 Å². The van der Waals surface area contributed by atoms with Gasteiger partial charge in [0.1, 0.15) is 12.2 Å². The van der Waals surface area contributed by atoms with Crippen molar-refractivity contribution in [3.63, 3.8) is 0 Å². The number of pyridine rings is 1. The molecule has 0 radical (unpaired) electrons. The topological polar surface area (TPSA) is 94.6 Å². The zero-order valence-electron chi connectivity index (χ0n) is 20.3. The molecule has 1 aliphatic rings. The van der Waals surface area contributed by atoms with Gasteiger partial charge in [0.05, 0.1) is 24.8 Å². The molecular weight excluding hydrogens is 456 g/mol. The molecule has 2 N–H and O–H groups in total. The normalized spacial score (nSPS) is 18.3. The summed E-state index contributed by atoms with van der Waals surface area (Å²) in [6.45, 7) is 3.10. The molecule has 1 saturated heterocycles. The lowest BCUT2D eigenvalue weighted by molar-refractivity contribution is -0.137. The Bertz CT molecular complexity index is 1060. The standard InChI is InChI=1S/C25H31F2N5O3/c1-15(2)18-10-11-19(29-23(18)27)22(16-8-6-5-7-9-16)30-24(34)20-12-17(26)14-32(20)21(33)13-28-25(35)31(3)4/h5-11,15,17,20,22H,12-14H2,1-4H3,(H,28,35)(H,30,34)/t17-,20+,22+/m1/s1. The number of nitrogens with zero attached hydrogens (tertiary/aromatic N) is 3. The molecule has 2 heterocycles. The fourth-order valence-corrected chi connectivity index (χ4v) is 3.98. The molecule has 0 bridgehead atoms. The van der Waals surface area contributed by atoms with Gasteiger partial charge in [0.15, 0.2) is 0 Å². The Hall–Kier alpha value is -3.56. The Morgan fingerprint density at radius 1 is 1.14 bits per heavy atom. The van der Waals surface area contributed by atoms with Crippen molar-refractivity contribution in [3.8, 4) is 0 Å². The quantitative estimate of drug-likeness (QED) is 0.588. The summed E-state index contributed by atoms with van der Waals surface area (Å²) in [5, 5.41) is 5.27. The molecule has 2 aromatic rings. The smallest absolute Gasteiger partial charge is 0.317 e. The highest BCUT2D eigenvalue weighted by molar-refractivity contribution is 5.91. The van der Waals surface area contributed by atoms with Gasteiger partial charge in [-0.05, 0) is 17.5 Å².